The van der Waals surface area contributed by atoms with E-state index in [4.69, 9.17) is 10.8 Å². The van der Waals surface area contributed by atoms with Gasteiger partial charge in [0.1, 0.15) is 6.04 Å². The molecule has 2 aromatic rings. The number of nitrogens with two attached hydrogens (primary N) is 1. The van der Waals surface area contributed by atoms with Crippen LogP contribution >= 0.6 is 0 Å². The summed E-state index contributed by atoms with van der Waals surface area (Å²) >= 11 is 0. The Bertz CT molecular complexity index is 524. The molecule has 94 valence electrons. The summed E-state index contributed by atoms with van der Waals surface area (Å²) in [5.74, 6) is -0.0913. The second-order valence-corrected chi connectivity index (χ2v) is 3.81. The lowest BCUT2D eigenvalue weighted by Crippen LogP contribution is -2.38. The van der Waals surface area contributed by atoms with Crippen molar-refractivity contribution in [1.82, 2.24) is 10.2 Å². The zero-order valence-electron chi connectivity index (χ0n) is 9.63. The molecule has 0 radical (unpaired) electrons. The highest BCUT2D eigenvalue weighted by atomic mass is 16.3. The number of rotatable bonds is 4. The summed E-state index contributed by atoms with van der Waals surface area (Å²) < 4.78 is 0. The fourth-order valence-electron chi connectivity index (χ4n) is 1.45. The van der Waals surface area contributed by atoms with Crippen molar-refractivity contribution in [3.05, 3.63) is 36.4 Å². The first-order valence-corrected chi connectivity index (χ1v) is 5.49. The van der Waals surface area contributed by atoms with Gasteiger partial charge < -0.3 is 16.2 Å². The zero-order chi connectivity index (χ0) is 13.0. The molecule has 0 saturated heterocycles. The van der Waals surface area contributed by atoms with Crippen LogP contribution in [0.2, 0.25) is 0 Å². The highest BCUT2D eigenvalue weighted by molar-refractivity contribution is 5.94. The number of aromatic amines is 1. The minimum absolute atomic E-state index is 0.378. The fraction of sp³-hybridized carbons (Fsp3) is 0.167. The standard InChI is InChI=1S/C12H14N4O2/c13-9(7-17)12(18)14-11-6-10(15-16-11)8-4-2-1-3-5-8/h1-6,9,17H,7,13H2,(H2,14,15,16,18). The predicted molar refractivity (Wildman–Crippen MR) is 67.7 cm³/mol. The Hall–Kier alpha value is -2.18. The number of nitrogens with zero attached hydrogens (tertiary/aromatic N) is 1. The maximum absolute atomic E-state index is 11.4. The van der Waals surface area contributed by atoms with E-state index in [-0.39, 0.29) is 0 Å². The minimum Gasteiger partial charge on any atom is -0.394 e. The van der Waals surface area contributed by atoms with Crippen molar-refractivity contribution in [2.24, 2.45) is 5.73 Å². The van der Waals surface area contributed by atoms with Gasteiger partial charge >= 0.3 is 0 Å². The lowest BCUT2D eigenvalue weighted by molar-refractivity contribution is -0.118. The molecule has 6 nitrogen and oxygen atoms in total. The Labute approximate surface area is 104 Å². The number of aliphatic hydroxyl groups is 1. The molecule has 1 aromatic heterocycles. The van der Waals surface area contributed by atoms with Crippen LogP contribution in [0.3, 0.4) is 0 Å². The third kappa shape index (κ3) is 2.73. The summed E-state index contributed by atoms with van der Waals surface area (Å²) in [6.45, 7) is -0.401. The van der Waals surface area contributed by atoms with Gasteiger partial charge in [0, 0.05) is 6.07 Å². The van der Waals surface area contributed by atoms with Crippen molar-refractivity contribution >= 4 is 11.7 Å². The minimum atomic E-state index is -0.943. The van der Waals surface area contributed by atoms with E-state index in [1.807, 2.05) is 30.3 Å². The first-order valence-electron chi connectivity index (χ1n) is 5.49. The molecule has 0 fully saturated rings. The number of hydrogen-bond acceptors (Lipinski definition) is 4. The second-order valence-electron chi connectivity index (χ2n) is 3.81. The maximum Gasteiger partial charge on any atom is 0.244 e. The molecular formula is C12H14N4O2. The molecule has 6 heteroatoms. The normalized spacial score (nSPS) is 12.1. The molecule has 0 aliphatic rings. The number of anilines is 1. The molecule has 2 rings (SSSR count). The van der Waals surface area contributed by atoms with Crippen molar-refractivity contribution in [2.45, 2.75) is 6.04 Å². The molecule has 0 spiro atoms. The van der Waals surface area contributed by atoms with Gasteiger partial charge in [-0.2, -0.15) is 5.10 Å². The Kier molecular flexibility index (Phi) is 3.71. The average molecular weight is 246 g/mol. The number of nitrogens with one attached hydrogen (secondary N) is 2. The third-order valence-corrected chi connectivity index (χ3v) is 2.45. The van der Waals surface area contributed by atoms with Crippen LogP contribution in [0.5, 0.6) is 0 Å². The van der Waals surface area contributed by atoms with Crippen molar-refractivity contribution in [2.75, 3.05) is 11.9 Å². The van der Waals surface area contributed by atoms with Crippen LogP contribution in [0.1, 0.15) is 0 Å². The molecule has 18 heavy (non-hydrogen) atoms. The highest BCUT2D eigenvalue weighted by Gasteiger charge is 2.13. The van der Waals surface area contributed by atoms with Crippen LogP contribution in [0.25, 0.3) is 11.3 Å². The molecule has 1 amide bonds. The topological polar surface area (TPSA) is 104 Å². The van der Waals surface area contributed by atoms with Crippen LogP contribution in [-0.4, -0.2) is 33.9 Å². The van der Waals surface area contributed by atoms with Crippen molar-refractivity contribution in [1.29, 1.82) is 0 Å². The first kappa shape index (κ1) is 12.3. The monoisotopic (exact) mass is 246 g/mol. The number of amides is 1. The van der Waals surface area contributed by atoms with Gasteiger partial charge in [-0.05, 0) is 5.56 Å². The van der Waals surface area contributed by atoms with E-state index in [1.54, 1.807) is 6.07 Å². The zero-order valence-corrected chi connectivity index (χ0v) is 9.63. The number of carbonyl (C=O) groups is 1. The number of benzene rings is 1. The van der Waals surface area contributed by atoms with E-state index in [0.717, 1.165) is 11.3 Å². The molecule has 0 aliphatic heterocycles. The van der Waals surface area contributed by atoms with Gasteiger partial charge in [-0.3, -0.25) is 9.89 Å². The molecule has 1 atom stereocenters. The van der Waals surface area contributed by atoms with Gasteiger partial charge in [0.25, 0.3) is 0 Å². The summed E-state index contributed by atoms with van der Waals surface area (Å²) in [5, 5.41) is 18.0. The Balaban J connectivity index is 2.10. The summed E-state index contributed by atoms with van der Waals surface area (Å²) in [6, 6.07) is 10.4. The van der Waals surface area contributed by atoms with Gasteiger partial charge in [0.15, 0.2) is 5.82 Å². The van der Waals surface area contributed by atoms with E-state index in [0.29, 0.717) is 5.82 Å². The number of H-pyrrole nitrogens is 1. The number of aromatic nitrogens is 2. The van der Waals surface area contributed by atoms with Crippen LogP contribution in [0.15, 0.2) is 36.4 Å². The van der Waals surface area contributed by atoms with Gasteiger partial charge in [-0.15, -0.1) is 0 Å². The Morgan fingerprint density at radius 3 is 2.83 bits per heavy atom. The quantitative estimate of drug-likeness (QED) is 0.624. The van der Waals surface area contributed by atoms with Gasteiger partial charge in [-0.1, -0.05) is 30.3 Å². The van der Waals surface area contributed by atoms with E-state index in [9.17, 15) is 4.79 Å². The lowest BCUT2D eigenvalue weighted by atomic mass is 10.1. The van der Waals surface area contributed by atoms with Crippen molar-refractivity contribution in [3.63, 3.8) is 0 Å². The molecule has 1 heterocycles. The van der Waals surface area contributed by atoms with E-state index < -0.39 is 18.6 Å². The predicted octanol–water partition coefficient (Wildman–Crippen LogP) is 0.335. The van der Waals surface area contributed by atoms with Gasteiger partial charge in [0.05, 0.1) is 12.3 Å². The summed E-state index contributed by atoms with van der Waals surface area (Å²) in [6.07, 6.45) is 0. The lowest BCUT2D eigenvalue weighted by Gasteiger charge is -2.06. The van der Waals surface area contributed by atoms with Crippen LogP contribution in [-0.2, 0) is 4.79 Å². The number of aliphatic hydroxyl groups excluding tert-OH is 1. The first-order chi connectivity index (χ1) is 8.70. The fourth-order valence-corrected chi connectivity index (χ4v) is 1.45. The van der Waals surface area contributed by atoms with E-state index >= 15 is 0 Å². The summed E-state index contributed by atoms with van der Waals surface area (Å²) in [5.41, 5.74) is 7.15. The molecular weight excluding hydrogens is 232 g/mol. The van der Waals surface area contributed by atoms with Gasteiger partial charge in [-0.25, -0.2) is 0 Å². The molecule has 1 unspecified atom stereocenters. The molecule has 1 aromatic carbocycles. The third-order valence-electron chi connectivity index (χ3n) is 2.45. The molecule has 0 saturated carbocycles. The summed E-state index contributed by atoms with van der Waals surface area (Å²) in [4.78, 5) is 11.4. The van der Waals surface area contributed by atoms with Crippen molar-refractivity contribution < 1.29 is 9.90 Å². The maximum atomic E-state index is 11.4. The number of hydrogen-bond donors (Lipinski definition) is 4. The Morgan fingerprint density at radius 1 is 1.44 bits per heavy atom. The Morgan fingerprint density at radius 2 is 2.17 bits per heavy atom. The molecule has 5 N–H and O–H groups in total. The van der Waals surface area contributed by atoms with Crippen molar-refractivity contribution in [3.8, 4) is 11.3 Å². The van der Waals surface area contributed by atoms with Gasteiger partial charge in [0.2, 0.25) is 5.91 Å². The van der Waals surface area contributed by atoms with Crippen LogP contribution in [0.4, 0.5) is 5.82 Å². The smallest absolute Gasteiger partial charge is 0.244 e. The second kappa shape index (κ2) is 5.44. The SMILES string of the molecule is NC(CO)C(=O)Nc1cc(-c2ccccc2)[nH]n1. The van der Waals surface area contributed by atoms with Crippen LogP contribution in [0, 0.1) is 0 Å². The molecule has 0 aliphatic carbocycles. The van der Waals surface area contributed by atoms with Crippen LogP contribution < -0.4 is 11.1 Å². The largest absolute Gasteiger partial charge is 0.394 e. The highest BCUT2D eigenvalue weighted by Crippen LogP contribution is 2.18. The summed E-state index contributed by atoms with van der Waals surface area (Å²) in [7, 11) is 0. The number of carbonyl (C=O) groups excluding carboxylic acids is 1. The average Bonchev–Trinajstić information content (AvgIpc) is 2.87. The molecule has 0 bridgehead atoms. The van der Waals surface area contributed by atoms with E-state index in [2.05, 4.69) is 15.5 Å². The van der Waals surface area contributed by atoms with E-state index in [1.165, 1.54) is 0 Å².